The van der Waals surface area contributed by atoms with Crippen molar-refractivity contribution in [2.24, 2.45) is 0 Å². The van der Waals surface area contributed by atoms with E-state index in [1.807, 2.05) is 49.4 Å². The lowest BCUT2D eigenvalue weighted by atomic mass is 9.98. The number of hydrogen-bond donors (Lipinski definition) is 2. The minimum atomic E-state index is -0.456. The third-order valence-corrected chi connectivity index (χ3v) is 5.97. The largest absolute Gasteiger partial charge is 0.369 e. The van der Waals surface area contributed by atoms with Gasteiger partial charge in [-0.15, -0.1) is 5.10 Å². The molecule has 4 aromatic heterocycles. The van der Waals surface area contributed by atoms with Gasteiger partial charge < -0.3 is 5.73 Å². The van der Waals surface area contributed by atoms with E-state index in [-0.39, 0.29) is 12.5 Å². The number of benzene rings is 2. The van der Waals surface area contributed by atoms with Crippen LogP contribution in [0.4, 0.5) is 10.3 Å². The van der Waals surface area contributed by atoms with Gasteiger partial charge in [-0.2, -0.15) is 0 Å². The summed E-state index contributed by atoms with van der Waals surface area (Å²) < 4.78 is 15.9. The Balaban J connectivity index is 1.65. The van der Waals surface area contributed by atoms with E-state index in [0.717, 1.165) is 33.9 Å². The molecule has 0 fully saturated rings. The number of anilines is 1. The number of nitrogen functional groups attached to an aromatic ring is 1. The molecule has 2 aromatic carbocycles. The maximum Gasteiger partial charge on any atom is 0.353 e. The Bertz CT molecular complexity index is 1770. The maximum absolute atomic E-state index is 13.3. The highest BCUT2D eigenvalue weighted by atomic mass is 19.1. The van der Waals surface area contributed by atoms with Crippen molar-refractivity contribution in [1.82, 2.24) is 29.1 Å². The zero-order valence-corrected chi connectivity index (χ0v) is 18.7. The van der Waals surface area contributed by atoms with E-state index < -0.39 is 11.5 Å². The summed E-state index contributed by atoms with van der Waals surface area (Å²) in [6.07, 6.45) is 2.88. The number of pyridine rings is 1. The lowest BCUT2D eigenvalue weighted by molar-refractivity contribution is -0.344. The second-order valence-corrected chi connectivity index (χ2v) is 8.28. The molecule has 0 aliphatic rings. The van der Waals surface area contributed by atoms with Gasteiger partial charge in [0, 0.05) is 11.1 Å². The number of imidazole rings is 1. The van der Waals surface area contributed by atoms with Crippen LogP contribution in [-0.2, 0) is 6.54 Å². The molecule has 9 nitrogen and oxygen atoms in total. The molecular weight excluding hydrogens is 447 g/mol. The van der Waals surface area contributed by atoms with E-state index in [4.69, 9.17) is 5.73 Å². The lowest BCUT2D eigenvalue weighted by Crippen LogP contribution is -2.24. The third-order valence-electron chi connectivity index (χ3n) is 5.97. The summed E-state index contributed by atoms with van der Waals surface area (Å²) in [6, 6.07) is 16.5. The van der Waals surface area contributed by atoms with Gasteiger partial charge in [0.2, 0.25) is 12.3 Å². The number of nitrogens with two attached hydrogens (primary N) is 1. The molecule has 0 saturated heterocycles. The predicted octanol–water partition coefficient (Wildman–Crippen LogP) is 2.99. The van der Waals surface area contributed by atoms with Gasteiger partial charge in [-0.3, -0.25) is 4.98 Å². The number of nitrogens with zero attached hydrogens (tertiary/aromatic N) is 5. The zero-order valence-electron chi connectivity index (χ0n) is 18.7. The zero-order chi connectivity index (χ0) is 24.1. The van der Waals surface area contributed by atoms with Gasteiger partial charge >= 0.3 is 5.69 Å². The van der Waals surface area contributed by atoms with Crippen LogP contribution in [0.5, 0.6) is 0 Å². The van der Waals surface area contributed by atoms with E-state index >= 15 is 0 Å². The molecule has 0 aliphatic heterocycles. The van der Waals surface area contributed by atoms with Gasteiger partial charge in [0.25, 0.3) is 0 Å². The summed E-state index contributed by atoms with van der Waals surface area (Å²) in [5.74, 6) is -0.427. The van der Waals surface area contributed by atoms with E-state index in [9.17, 15) is 9.18 Å². The normalized spacial score (nSPS) is 11.5. The molecule has 0 aliphatic carbocycles. The third kappa shape index (κ3) is 3.43. The second kappa shape index (κ2) is 7.87. The number of rotatable bonds is 4. The van der Waals surface area contributed by atoms with Crippen molar-refractivity contribution in [3.8, 4) is 22.4 Å². The van der Waals surface area contributed by atoms with Crippen molar-refractivity contribution in [2.45, 2.75) is 13.5 Å². The average Bonchev–Trinajstić information content (AvgIpc) is 3.46. The summed E-state index contributed by atoms with van der Waals surface area (Å²) >= 11 is 0. The Morgan fingerprint density at radius 3 is 2.71 bits per heavy atom. The van der Waals surface area contributed by atoms with E-state index in [1.165, 1.54) is 21.2 Å². The van der Waals surface area contributed by atoms with Crippen molar-refractivity contribution >= 4 is 22.6 Å². The van der Waals surface area contributed by atoms with Gasteiger partial charge in [-0.05, 0) is 36.8 Å². The minimum Gasteiger partial charge on any atom is -0.369 e. The summed E-state index contributed by atoms with van der Waals surface area (Å²) in [5.41, 5.74) is 12.6. The van der Waals surface area contributed by atoms with Crippen LogP contribution in [0.1, 0.15) is 11.3 Å². The van der Waals surface area contributed by atoms with E-state index in [0.29, 0.717) is 22.6 Å². The molecule has 10 heteroatoms. The van der Waals surface area contributed by atoms with Crippen LogP contribution in [0.3, 0.4) is 0 Å². The fourth-order valence-electron chi connectivity index (χ4n) is 4.35. The molecule has 4 heterocycles. The molecule has 0 bridgehead atoms. The quantitative estimate of drug-likeness (QED) is 0.413. The molecule has 6 aromatic rings. The van der Waals surface area contributed by atoms with Gasteiger partial charge in [0.05, 0.1) is 29.7 Å². The molecule has 0 amide bonds. The van der Waals surface area contributed by atoms with E-state index in [1.54, 1.807) is 6.33 Å². The van der Waals surface area contributed by atoms with Crippen LogP contribution >= 0.6 is 0 Å². The number of nitrogens with one attached hydrogen (secondary N) is 2. The Kier molecular flexibility index (Phi) is 4.66. The highest BCUT2D eigenvalue weighted by Gasteiger charge is 2.23. The molecule has 0 spiro atoms. The Morgan fingerprint density at radius 2 is 1.94 bits per heavy atom. The monoisotopic (exact) mass is 467 g/mol. The smallest absolute Gasteiger partial charge is 0.353 e. The molecule has 4 N–H and O–H groups in total. The Labute approximate surface area is 197 Å². The first-order valence-electron chi connectivity index (χ1n) is 10.9. The van der Waals surface area contributed by atoms with Gasteiger partial charge in [0.15, 0.2) is 16.7 Å². The van der Waals surface area contributed by atoms with Crippen LogP contribution < -0.4 is 16.4 Å². The first kappa shape index (κ1) is 20.7. The van der Waals surface area contributed by atoms with Crippen LogP contribution in [0.15, 0.2) is 71.9 Å². The molecule has 0 atom stereocenters. The fourth-order valence-corrected chi connectivity index (χ4v) is 4.35. The average molecular weight is 467 g/mol. The second-order valence-electron chi connectivity index (χ2n) is 8.28. The molecule has 6 rings (SSSR count). The summed E-state index contributed by atoms with van der Waals surface area (Å²) in [6.45, 7) is 2.06. The molecule has 0 saturated carbocycles. The fraction of sp³-hybridized carbons (Fsp3) is 0.0800. The number of hydrogen-bond acceptors (Lipinski definition) is 5. The van der Waals surface area contributed by atoms with Crippen molar-refractivity contribution in [1.29, 1.82) is 0 Å². The predicted molar refractivity (Wildman–Crippen MR) is 129 cm³/mol. The minimum absolute atomic E-state index is 0.0249. The van der Waals surface area contributed by atoms with Gasteiger partial charge in [-0.25, -0.2) is 33.2 Å². The van der Waals surface area contributed by atoms with Gasteiger partial charge in [-0.1, -0.05) is 30.3 Å². The Hall–Kier alpha value is -4.86. The molecule has 172 valence electrons. The van der Waals surface area contributed by atoms with Crippen molar-refractivity contribution in [2.75, 3.05) is 5.73 Å². The Morgan fingerprint density at radius 1 is 1.11 bits per heavy atom. The molecule has 0 radical (unpaired) electrons. The van der Waals surface area contributed by atoms with Crippen LogP contribution in [-0.4, -0.2) is 29.1 Å². The maximum atomic E-state index is 13.3. The first-order chi connectivity index (χ1) is 17.0. The van der Waals surface area contributed by atoms with Crippen molar-refractivity contribution < 1.29 is 9.37 Å². The lowest BCUT2D eigenvalue weighted by Gasteiger charge is -2.12. The molecule has 35 heavy (non-hydrogen) atoms. The number of aromatic amines is 2. The summed E-state index contributed by atoms with van der Waals surface area (Å²) in [5, 5.41) is 4.65. The van der Waals surface area contributed by atoms with Crippen LogP contribution in [0.25, 0.3) is 39.1 Å². The highest BCUT2D eigenvalue weighted by Crippen LogP contribution is 2.35. The van der Waals surface area contributed by atoms with Crippen LogP contribution in [0, 0.1) is 12.7 Å². The topological polar surface area (TPSA) is 121 Å². The number of H-pyrrole nitrogens is 2. The SMILES string of the molecule is Cc1cc(-c2c(-c3ccccc3)nc(N)n3c(=O)n(Cc4ccc(F)cn4)nc23)cc2[nH]c[nH+]c12. The van der Waals surface area contributed by atoms with E-state index in [2.05, 4.69) is 25.0 Å². The van der Waals surface area contributed by atoms with Crippen LogP contribution in [0.2, 0.25) is 0 Å². The first-order valence-corrected chi connectivity index (χ1v) is 10.9. The summed E-state index contributed by atoms with van der Waals surface area (Å²) in [4.78, 5) is 28.4. The molecule has 0 unspecified atom stereocenters. The van der Waals surface area contributed by atoms with Crippen molar-refractivity contribution in [3.05, 3.63) is 94.7 Å². The summed E-state index contributed by atoms with van der Waals surface area (Å²) in [7, 11) is 0. The highest BCUT2D eigenvalue weighted by molar-refractivity contribution is 5.94. The number of aryl methyl sites for hydroxylation is 1. The van der Waals surface area contributed by atoms with Gasteiger partial charge in [0.1, 0.15) is 5.82 Å². The van der Waals surface area contributed by atoms with Crippen molar-refractivity contribution in [3.63, 3.8) is 0 Å². The number of aromatic nitrogens is 7. The number of fused-ring (bicyclic) bond motifs is 2. The standard InChI is InChI=1S/C25H19FN8O/c1-14-9-16(10-19-21(14)30-13-29-19)20-22(15-5-3-2-4-6-15)31-24(27)34-23(20)32-33(25(34)35)12-18-8-7-17(26)11-28-18/h2-11,13H,12H2,1H3,(H2,27,31)(H,29,30)/p+1. The molecular formula is C25H20FN8O+. The number of halogens is 1.